The Kier molecular flexibility index (Phi) is 4.73. The molecule has 0 saturated heterocycles. The van der Waals surface area contributed by atoms with Gasteiger partial charge < -0.3 is 0 Å². The third-order valence-electron chi connectivity index (χ3n) is 0.559. The molecule has 0 aromatic heterocycles. The molecule has 0 aliphatic rings. The summed E-state index contributed by atoms with van der Waals surface area (Å²) < 4.78 is 13.6. The Morgan fingerprint density at radius 3 is 2.40 bits per heavy atom. The fourth-order valence-electron chi connectivity index (χ4n) is 0.233. The van der Waals surface area contributed by atoms with Gasteiger partial charge in [-0.25, -0.2) is 0 Å². The van der Waals surface area contributed by atoms with Crippen LogP contribution in [0.25, 0.3) is 0 Å². The molecule has 0 spiro atoms. The van der Waals surface area contributed by atoms with Gasteiger partial charge in [0.15, 0.2) is 0 Å². The Morgan fingerprint density at radius 1 is 1.40 bits per heavy atom. The van der Waals surface area contributed by atoms with Gasteiger partial charge in [-0.3, -0.25) is 0 Å². The summed E-state index contributed by atoms with van der Waals surface area (Å²) in [5.74, 6) is 2.57. The molecular weight excluding hydrogens is 181 g/mol. The molecule has 0 rings (SSSR count). The van der Waals surface area contributed by atoms with Crippen molar-refractivity contribution >= 4 is 11.9 Å². The zero-order valence-corrected chi connectivity index (χ0v) is 6.17. The third kappa shape index (κ3) is 4.19. The van der Waals surface area contributed by atoms with Gasteiger partial charge >= 0.3 is 62.6 Å². The minimum atomic E-state index is -1.70. The summed E-state index contributed by atoms with van der Waals surface area (Å²) in [6, 6.07) is 0. The predicted molar refractivity (Wildman–Crippen MR) is 21.7 cm³/mol. The molecule has 2 N–H and O–H groups in total. The SMILES string of the molecule is NOC(=O)CC(=O)[O][V]=[O]. The van der Waals surface area contributed by atoms with Gasteiger partial charge in [-0.15, -0.1) is 0 Å². The summed E-state index contributed by atoms with van der Waals surface area (Å²) in [7, 11) is 0. The van der Waals surface area contributed by atoms with Crippen LogP contribution in [0.15, 0.2) is 0 Å². The van der Waals surface area contributed by atoms with Gasteiger partial charge in [-0.1, -0.05) is 0 Å². The second kappa shape index (κ2) is 5.10. The van der Waals surface area contributed by atoms with E-state index in [-0.39, 0.29) is 0 Å². The molecule has 56 valence electrons. The fourth-order valence-corrected chi connectivity index (χ4v) is 0.464. The zero-order valence-electron chi connectivity index (χ0n) is 4.77. The van der Waals surface area contributed by atoms with Crippen LogP contribution in [0.4, 0.5) is 0 Å². The summed E-state index contributed by atoms with van der Waals surface area (Å²) in [5, 5.41) is 0. The first-order valence-electron chi connectivity index (χ1n) is 2.12. The van der Waals surface area contributed by atoms with E-state index in [0.717, 1.165) is 0 Å². The number of rotatable bonds is 3. The molecule has 10 heavy (non-hydrogen) atoms. The van der Waals surface area contributed by atoms with E-state index in [1.165, 1.54) is 0 Å². The Hall–Kier alpha value is -0.716. The number of hydrogen-bond donors (Lipinski definition) is 1. The van der Waals surface area contributed by atoms with Gasteiger partial charge in [-0.2, -0.15) is 0 Å². The monoisotopic (exact) mass is 185 g/mol. The molecule has 6 nitrogen and oxygen atoms in total. The van der Waals surface area contributed by atoms with Crippen LogP contribution >= 0.6 is 0 Å². The molecule has 7 heteroatoms. The summed E-state index contributed by atoms with van der Waals surface area (Å²) >= 11 is -1.70. The van der Waals surface area contributed by atoms with Crippen molar-refractivity contribution in [1.82, 2.24) is 0 Å². The standard InChI is InChI=1S/C3H5NO4.O.V/c4-8-3(7)1-2(5)6;;/h1,4H2,(H,5,6);;/q;;+1/p-1. The maximum absolute atomic E-state index is 10.3. The van der Waals surface area contributed by atoms with Crippen LogP contribution in [-0.2, 0) is 38.4 Å². The Labute approximate surface area is 63.3 Å². The van der Waals surface area contributed by atoms with Crippen LogP contribution in [-0.4, -0.2) is 11.9 Å². The zero-order chi connectivity index (χ0) is 7.98. The number of carbonyl (C=O) groups excluding carboxylic acids is 2. The first-order chi connectivity index (χ1) is 4.70. The van der Waals surface area contributed by atoms with Crippen LogP contribution in [0.2, 0.25) is 0 Å². The molecule has 0 saturated carbocycles. The van der Waals surface area contributed by atoms with E-state index in [9.17, 15) is 13.3 Å². The third-order valence-corrected chi connectivity index (χ3v) is 0.994. The first-order valence-corrected chi connectivity index (χ1v) is 3.26. The molecule has 0 radical (unpaired) electrons. The van der Waals surface area contributed by atoms with E-state index in [1.54, 1.807) is 0 Å². The van der Waals surface area contributed by atoms with Crippen molar-refractivity contribution in [3.63, 3.8) is 0 Å². The van der Waals surface area contributed by atoms with Crippen molar-refractivity contribution in [2.45, 2.75) is 6.42 Å². The predicted octanol–water partition coefficient (Wildman–Crippen LogP) is -1.32. The summed E-state index contributed by atoms with van der Waals surface area (Å²) in [6.45, 7) is 0. The normalized spacial score (nSPS) is 8.10. The molecule has 0 amide bonds. The van der Waals surface area contributed by atoms with Crippen molar-refractivity contribution in [2.75, 3.05) is 0 Å². The van der Waals surface area contributed by atoms with Crippen molar-refractivity contribution in [1.29, 1.82) is 0 Å². The van der Waals surface area contributed by atoms with Gasteiger partial charge in [0, 0.05) is 0 Å². The van der Waals surface area contributed by atoms with Crippen LogP contribution in [0.3, 0.4) is 0 Å². The summed E-state index contributed by atoms with van der Waals surface area (Å²) in [6.07, 6.45) is -0.603. The maximum atomic E-state index is 10.3. The van der Waals surface area contributed by atoms with Gasteiger partial charge in [0.05, 0.1) is 0 Å². The topological polar surface area (TPSA) is 95.7 Å². The van der Waals surface area contributed by atoms with E-state index < -0.39 is 34.9 Å². The van der Waals surface area contributed by atoms with Crippen LogP contribution in [0, 0.1) is 0 Å². The molecule has 0 aliphatic heterocycles. The number of nitrogens with two attached hydrogens (primary N) is 1. The molecule has 0 fully saturated rings. The molecule has 0 atom stereocenters. The van der Waals surface area contributed by atoms with Gasteiger partial charge in [0.2, 0.25) is 0 Å². The first kappa shape index (κ1) is 9.28. The van der Waals surface area contributed by atoms with E-state index in [1.807, 2.05) is 0 Å². The summed E-state index contributed by atoms with van der Waals surface area (Å²) in [4.78, 5) is 24.1. The fraction of sp³-hybridized carbons (Fsp3) is 0.333. The van der Waals surface area contributed by atoms with Crippen molar-refractivity contribution in [3.8, 4) is 0 Å². The Bertz CT molecular complexity index is 157. The van der Waals surface area contributed by atoms with E-state index in [0.29, 0.717) is 0 Å². The molecule has 0 aliphatic carbocycles. The Morgan fingerprint density at radius 2 is 2.00 bits per heavy atom. The van der Waals surface area contributed by atoms with Crippen LogP contribution in [0.1, 0.15) is 6.42 Å². The van der Waals surface area contributed by atoms with Gasteiger partial charge in [0.25, 0.3) is 0 Å². The quantitative estimate of drug-likeness (QED) is 0.432. The van der Waals surface area contributed by atoms with E-state index in [2.05, 4.69) is 14.4 Å². The average Bonchev–Trinajstić information content (AvgIpc) is 1.88. The van der Waals surface area contributed by atoms with Crippen molar-refractivity contribution in [2.24, 2.45) is 5.90 Å². The molecule has 0 bridgehead atoms. The number of carbonyl (C=O) groups is 2. The molecule has 0 aromatic carbocycles. The second-order valence-corrected chi connectivity index (χ2v) is 1.72. The van der Waals surface area contributed by atoms with Gasteiger partial charge in [-0.05, 0) is 0 Å². The number of hydrogen-bond acceptors (Lipinski definition) is 6. The molecular formula is C3H4NO5V. The second-order valence-electron chi connectivity index (χ2n) is 1.20. The average molecular weight is 185 g/mol. The minimum absolute atomic E-state index is 0.603. The van der Waals surface area contributed by atoms with Crippen LogP contribution in [0.5, 0.6) is 0 Å². The molecule has 0 unspecified atom stereocenters. The van der Waals surface area contributed by atoms with Gasteiger partial charge in [0.1, 0.15) is 0 Å². The van der Waals surface area contributed by atoms with E-state index in [4.69, 9.17) is 0 Å². The van der Waals surface area contributed by atoms with Crippen molar-refractivity contribution < 1.29 is 38.4 Å². The van der Waals surface area contributed by atoms with Crippen molar-refractivity contribution in [3.05, 3.63) is 0 Å². The van der Waals surface area contributed by atoms with Crippen LogP contribution < -0.4 is 5.90 Å². The van der Waals surface area contributed by atoms with E-state index >= 15 is 0 Å². The molecule has 0 heterocycles. The Balaban J connectivity index is 3.57. The summed E-state index contributed by atoms with van der Waals surface area (Å²) in [5.41, 5.74) is 0. The molecule has 0 aromatic rings.